The van der Waals surface area contributed by atoms with Crippen LogP contribution in [0.15, 0.2) is 16.0 Å². The number of fused-ring (bicyclic) bond motifs is 1. The molecular weight excluding hydrogens is 330 g/mol. The van der Waals surface area contributed by atoms with Crippen molar-refractivity contribution in [3.63, 3.8) is 0 Å². The largest absolute Gasteiger partial charge is 0.384 e. The van der Waals surface area contributed by atoms with Crippen LogP contribution in [0, 0.1) is 20.8 Å². The van der Waals surface area contributed by atoms with Crippen LogP contribution in [0.2, 0.25) is 0 Å². The Labute approximate surface area is 141 Å². The highest BCUT2D eigenvalue weighted by Crippen LogP contribution is 2.33. The van der Waals surface area contributed by atoms with Gasteiger partial charge in [-0.15, -0.1) is 11.3 Å². The molecule has 120 valence electrons. The number of aromatic amines is 1. The van der Waals surface area contributed by atoms with Gasteiger partial charge in [0.15, 0.2) is 5.16 Å². The van der Waals surface area contributed by atoms with Crippen LogP contribution < -0.4 is 11.3 Å². The number of nitrogens with one attached hydrogen (secondary N) is 1. The van der Waals surface area contributed by atoms with Crippen molar-refractivity contribution in [3.8, 4) is 0 Å². The zero-order chi connectivity index (χ0) is 16.7. The summed E-state index contributed by atoms with van der Waals surface area (Å²) in [5.74, 6) is 1.06. The average molecular weight is 347 g/mol. The van der Waals surface area contributed by atoms with E-state index >= 15 is 0 Å². The molecule has 1 unspecified atom stereocenters. The SMILES string of the molecule is Cc1cc(N)nc(SC(C)c2nc3sc(C)c(C)c3c(=O)[nH]2)n1. The first-order valence-corrected chi connectivity index (χ1v) is 8.82. The molecule has 3 rings (SSSR count). The number of thiophene rings is 1. The van der Waals surface area contributed by atoms with Crippen molar-refractivity contribution in [1.82, 2.24) is 19.9 Å². The molecule has 0 spiro atoms. The number of thioether (sulfide) groups is 1. The van der Waals surface area contributed by atoms with Crippen LogP contribution in [0.4, 0.5) is 5.82 Å². The number of aromatic nitrogens is 4. The van der Waals surface area contributed by atoms with Gasteiger partial charge in [-0.25, -0.2) is 15.0 Å². The summed E-state index contributed by atoms with van der Waals surface area (Å²) in [4.78, 5) is 30.3. The van der Waals surface area contributed by atoms with E-state index in [9.17, 15) is 4.79 Å². The third kappa shape index (κ3) is 3.09. The Kier molecular flexibility index (Phi) is 4.11. The molecule has 3 N–H and O–H groups in total. The van der Waals surface area contributed by atoms with Gasteiger partial charge in [-0.2, -0.15) is 0 Å². The second-order valence-corrected chi connectivity index (χ2v) is 7.90. The Morgan fingerprint density at radius 1 is 1.26 bits per heavy atom. The quantitative estimate of drug-likeness (QED) is 0.558. The molecule has 1 atom stereocenters. The van der Waals surface area contributed by atoms with E-state index in [-0.39, 0.29) is 10.8 Å². The maximum Gasteiger partial charge on any atom is 0.259 e. The number of nitrogens with two attached hydrogens (primary N) is 1. The van der Waals surface area contributed by atoms with E-state index in [2.05, 4.69) is 19.9 Å². The summed E-state index contributed by atoms with van der Waals surface area (Å²) in [6, 6.07) is 1.72. The van der Waals surface area contributed by atoms with E-state index in [1.165, 1.54) is 11.8 Å². The molecule has 23 heavy (non-hydrogen) atoms. The van der Waals surface area contributed by atoms with Gasteiger partial charge in [0.1, 0.15) is 16.5 Å². The van der Waals surface area contributed by atoms with Crippen LogP contribution >= 0.6 is 23.1 Å². The molecular formula is C15H17N5OS2. The molecule has 0 aliphatic rings. The molecule has 0 radical (unpaired) electrons. The smallest absolute Gasteiger partial charge is 0.259 e. The highest BCUT2D eigenvalue weighted by Gasteiger charge is 2.17. The minimum absolute atomic E-state index is 0.0870. The summed E-state index contributed by atoms with van der Waals surface area (Å²) < 4.78 is 0. The lowest BCUT2D eigenvalue weighted by atomic mass is 10.2. The number of anilines is 1. The molecule has 6 nitrogen and oxygen atoms in total. The number of aryl methyl sites for hydroxylation is 3. The normalized spacial score (nSPS) is 12.7. The highest BCUT2D eigenvalue weighted by atomic mass is 32.2. The van der Waals surface area contributed by atoms with Crippen molar-refractivity contribution in [2.24, 2.45) is 0 Å². The molecule has 0 saturated heterocycles. The minimum atomic E-state index is -0.0935. The fourth-order valence-electron chi connectivity index (χ4n) is 2.30. The molecule has 0 amide bonds. The topological polar surface area (TPSA) is 97.5 Å². The molecule has 0 aliphatic heterocycles. The van der Waals surface area contributed by atoms with Crippen LogP contribution in [0.3, 0.4) is 0 Å². The molecule has 0 aromatic carbocycles. The second kappa shape index (κ2) is 5.93. The molecule has 3 aromatic rings. The van der Waals surface area contributed by atoms with Gasteiger partial charge in [0.25, 0.3) is 5.56 Å². The zero-order valence-corrected chi connectivity index (χ0v) is 14.9. The van der Waals surface area contributed by atoms with E-state index in [1.807, 2.05) is 27.7 Å². The first-order valence-electron chi connectivity index (χ1n) is 7.13. The molecule has 8 heteroatoms. The molecule has 0 saturated carbocycles. The monoisotopic (exact) mass is 347 g/mol. The molecule has 0 bridgehead atoms. The van der Waals surface area contributed by atoms with Crippen LogP contribution in [0.5, 0.6) is 0 Å². The van der Waals surface area contributed by atoms with Gasteiger partial charge in [-0.05, 0) is 33.3 Å². The number of hydrogen-bond acceptors (Lipinski definition) is 7. The standard InChI is InChI=1S/C15H17N5OS2/c1-6-5-10(16)18-15(17-6)23-9(4)12-19-13(21)11-7(2)8(3)22-14(11)20-12/h5,9H,1-4H3,(H2,16,17,18)(H,19,20,21). The first-order chi connectivity index (χ1) is 10.8. The summed E-state index contributed by atoms with van der Waals surface area (Å²) >= 11 is 2.97. The van der Waals surface area contributed by atoms with Crippen molar-refractivity contribution in [2.45, 2.75) is 38.1 Å². The Morgan fingerprint density at radius 3 is 2.70 bits per heavy atom. The first kappa shape index (κ1) is 15.9. The lowest BCUT2D eigenvalue weighted by Crippen LogP contribution is -2.12. The summed E-state index contributed by atoms with van der Waals surface area (Å²) in [6.07, 6.45) is 0. The lowest BCUT2D eigenvalue weighted by Gasteiger charge is -2.10. The van der Waals surface area contributed by atoms with Crippen LogP contribution in [-0.4, -0.2) is 19.9 Å². The fourth-order valence-corrected chi connectivity index (χ4v) is 4.23. The van der Waals surface area contributed by atoms with Gasteiger partial charge in [0.2, 0.25) is 0 Å². The van der Waals surface area contributed by atoms with Crippen LogP contribution in [0.25, 0.3) is 10.2 Å². The predicted octanol–water partition coefficient (Wildman–Crippen LogP) is 3.14. The third-order valence-electron chi connectivity index (χ3n) is 3.58. The van der Waals surface area contributed by atoms with Gasteiger partial charge in [-0.1, -0.05) is 11.8 Å². The summed E-state index contributed by atoms with van der Waals surface area (Å²) in [7, 11) is 0. The van der Waals surface area contributed by atoms with Gasteiger partial charge < -0.3 is 10.7 Å². The van der Waals surface area contributed by atoms with E-state index in [0.29, 0.717) is 22.2 Å². The molecule has 3 aromatic heterocycles. The molecule has 0 aliphatic carbocycles. The van der Waals surface area contributed by atoms with Gasteiger partial charge in [0.05, 0.1) is 10.6 Å². The number of nitrogen functional groups attached to an aromatic ring is 1. The third-order valence-corrected chi connectivity index (χ3v) is 5.65. The van der Waals surface area contributed by atoms with Crippen molar-refractivity contribution >= 4 is 39.1 Å². The molecule has 0 fully saturated rings. The maximum atomic E-state index is 12.3. The number of H-pyrrole nitrogens is 1. The lowest BCUT2D eigenvalue weighted by molar-refractivity contribution is 0.894. The van der Waals surface area contributed by atoms with Gasteiger partial charge in [-0.3, -0.25) is 4.79 Å². The summed E-state index contributed by atoms with van der Waals surface area (Å²) in [6.45, 7) is 7.79. The Balaban J connectivity index is 1.97. The van der Waals surface area contributed by atoms with E-state index in [1.54, 1.807) is 17.4 Å². The minimum Gasteiger partial charge on any atom is -0.384 e. The zero-order valence-electron chi connectivity index (χ0n) is 13.3. The van der Waals surface area contributed by atoms with Gasteiger partial charge >= 0.3 is 0 Å². The van der Waals surface area contributed by atoms with E-state index in [0.717, 1.165) is 21.0 Å². The van der Waals surface area contributed by atoms with Crippen molar-refractivity contribution < 1.29 is 0 Å². The highest BCUT2D eigenvalue weighted by molar-refractivity contribution is 7.99. The van der Waals surface area contributed by atoms with Crippen LogP contribution in [-0.2, 0) is 0 Å². The molecule has 3 heterocycles. The van der Waals surface area contributed by atoms with Crippen molar-refractivity contribution in [1.29, 1.82) is 0 Å². The van der Waals surface area contributed by atoms with Crippen molar-refractivity contribution in [2.75, 3.05) is 5.73 Å². The van der Waals surface area contributed by atoms with E-state index < -0.39 is 0 Å². The average Bonchev–Trinajstić information content (AvgIpc) is 2.73. The number of rotatable bonds is 3. The number of nitrogens with zero attached hydrogens (tertiary/aromatic N) is 3. The van der Waals surface area contributed by atoms with E-state index in [4.69, 9.17) is 5.73 Å². The summed E-state index contributed by atoms with van der Waals surface area (Å²) in [5, 5.41) is 1.18. The summed E-state index contributed by atoms with van der Waals surface area (Å²) in [5.41, 5.74) is 7.48. The maximum absolute atomic E-state index is 12.3. The fraction of sp³-hybridized carbons (Fsp3) is 0.333. The Bertz CT molecular complexity index is 927. The Hall–Kier alpha value is -1.93. The predicted molar refractivity (Wildman–Crippen MR) is 95.2 cm³/mol. The van der Waals surface area contributed by atoms with Gasteiger partial charge in [0, 0.05) is 16.6 Å². The van der Waals surface area contributed by atoms with Crippen molar-refractivity contribution in [3.05, 3.63) is 38.4 Å². The Morgan fingerprint density at radius 2 is 2.00 bits per heavy atom. The number of hydrogen-bond donors (Lipinski definition) is 2. The van der Waals surface area contributed by atoms with Crippen LogP contribution in [0.1, 0.15) is 34.1 Å². The second-order valence-electron chi connectivity index (χ2n) is 5.39.